The number of rotatable bonds is 5. The first-order chi connectivity index (χ1) is 11.5. The first-order valence-corrected chi connectivity index (χ1v) is 7.91. The molecule has 0 atom stereocenters. The van der Waals surface area contributed by atoms with E-state index in [4.69, 9.17) is 4.42 Å². The van der Waals surface area contributed by atoms with Gasteiger partial charge in [-0.25, -0.2) is 0 Å². The molecular formula is C15H11IN4O4. The molecule has 0 saturated carbocycles. The summed E-state index contributed by atoms with van der Waals surface area (Å²) in [4.78, 5) is 22.2. The Hall–Kier alpha value is -2.69. The topological polar surface area (TPSA) is 103 Å². The van der Waals surface area contributed by atoms with Crippen molar-refractivity contribution in [3.8, 4) is 0 Å². The Morgan fingerprint density at radius 1 is 1.29 bits per heavy atom. The molecule has 0 aliphatic rings. The molecule has 9 heteroatoms. The first kappa shape index (κ1) is 16.2. The molecule has 0 unspecified atom stereocenters. The number of nitrogens with one attached hydrogen (secondary N) is 1. The highest BCUT2D eigenvalue weighted by molar-refractivity contribution is 14.1. The molecule has 24 heavy (non-hydrogen) atoms. The third kappa shape index (κ3) is 3.79. The summed E-state index contributed by atoms with van der Waals surface area (Å²) < 4.78 is 7.91. The van der Waals surface area contributed by atoms with Crippen molar-refractivity contribution in [3.63, 3.8) is 0 Å². The lowest BCUT2D eigenvalue weighted by molar-refractivity contribution is -0.385. The number of hydrogen-bond donors (Lipinski definition) is 1. The molecule has 0 radical (unpaired) electrons. The maximum absolute atomic E-state index is 12.1. The van der Waals surface area contributed by atoms with Crippen molar-refractivity contribution in [1.82, 2.24) is 9.78 Å². The lowest BCUT2D eigenvalue weighted by Gasteiger charge is -2.03. The highest BCUT2D eigenvalue weighted by Crippen LogP contribution is 2.15. The fourth-order valence-electron chi connectivity index (χ4n) is 2.00. The van der Waals surface area contributed by atoms with Crippen LogP contribution in [0.3, 0.4) is 0 Å². The van der Waals surface area contributed by atoms with Crippen LogP contribution in [-0.2, 0) is 6.54 Å². The number of halogens is 1. The third-order valence-corrected chi connectivity index (χ3v) is 3.85. The van der Waals surface area contributed by atoms with E-state index >= 15 is 0 Å². The van der Waals surface area contributed by atoms with Gasteiger partial charge < -0.3 is 9.73 Å². The van der Waals surface area contributed by atoms with Gasteiger partial charge in [0.15, 0.2) is 5.76 Å². The number of benzene rings is 1. The quantitative estimate of drug-likeness (QED) is 0.374. The number of aromatic nitrogens is 2. The van der Waals surface area contributed by atoms with Crippen LogP contribution < -0.4 is 5.32 Å². The van der Waals surface area contributed by atoms with Crippen molar-refractivity contribution >= 4 is 39.9 Å². The van der Waals surface area contributed by atoms with Gasteiger partial charge in [0, 0.05) is 9.26 Å². The lowest BCUT2D eigenvalue weighted by atomic mass is 10.3. The summed E-state index contributed by atoms with van der Waals surface area (Å²) in [5.74, 6) is 0.264. The van der Waals surface area contributed by atoms with Crippen LogP contribution in [0.1, 0.15) is 16.3 Å². The van der Waals surface area contributed by atoms with Crippen LogP contribution >= 0.6 is 22.6 Å². The van der Waals surface area contributed by atoms with Crippen LogP contribution in [0, 0.1) is 13.7 Å². The molecule has 8 nitrogen and oxygen atoms in total. The van der Waals surface area contributed by atoms with Gasteiger partial charge in [-0.1, -0.05) is 0 Å². The van der Waals surface area contributed by atoms with Gasteiger partial charge >= 0.3 is 5.69 Å². The first-order valence-electron chi connectivity index (χ1n) is 6.84. The molecule has 0 aliphatic heterocycles. The van der Waals surface area contributed by atoms with E-state index in [-0.39, 0.29) is 23.9 Å². The number of carbonyl (C=O) groups is 1. The minimum Gasteiger partial charge on any atom is -0.454 e. The Balaban J connectivity index is 1.66. The number of nitrogens with zero attached hydrogens (tertiary/aromatic N) is 3. The van der Waals surface area contributed by atoms with Crippen LogP contribution in [-0.4, -0.2) is 20.6 Å². The molecule has 0 saturated heterocycles. The van der Waals surface area contributed by atoms with E-state index in [9.17, 15) is 14.9 Å². The van der Waals surface area contributed by atoms with E-state index in [0.29, 0.717) is 11.4 Å². The summed E-state index contributed by atoms with van der Waals surface area (Å²) in [6.07, 6.45) is 2.46. The number of amides is 1. The van der Waals surface area contributed by atoms with E-state index in [1.54, 1.807) is 24.3 Å². The minimum atomic E-state index is -0.522. The maximum Gasteiger partial charge on any atom is 0.307 e. The summed E-state index contributed by atoms with van der Waals surface area (Å²) in [5, 5.41) is 17.2. The second kappa shape index (κ2) is 6.83. The van der Waals surface area contributed by atoms with Crippen LogP contribution in [0.4, 0.5) is 11.4 Å². The molecule has 3 rings (SSSR count). The van der Waals surface area contributed by atoms with Crippen molar-refractivity contribution in [3.05, 3.63) is 74.0 Å². The third-order valence-electron chi connectivity index (χ3n) is 3.14. The largest absolute Gasteiger partial charge is 0.454 e. The van der Waals surface area contributed by atoms with E-state index in [0.717, 1.165) is 9.77 Å². The van der Waals surface area contributed by atoms with Crippen molar-refractivity contribution in [2.45, 2.75) is 6.54 Å². The second-order valence-corrected chi connectivity index (χ2v) is 6.13. The predicted octanol–water partition coefficient (Wildman–Crippen LogP) is 3.29. The average molecular weight is 438 g/mol. The van der Waals surface area contributed by atoms with Crippen molar-refractivity contribution in [2.24, 2.45) is 0 Å². The van der Waals surface area contributed by atoms with Gasteiger partial charge in [-0.2, -0.15) is 5.10 Å². The SMILES string of the molecule is O=C(Nc1ccc(I)cc1)c1ccc(Cn2cc([N+](=O)[O-])cn2)o1. The van der Waals surface area contributed by atoms with Gasteiger partial charge in [0.1, 0.15) is 18.2 Å². The molecule has 0 aliphatic carbocycles. The fourth-order valence-corrected chi connectivity index (χ4v) is 2.36. The number of hydrogen-bond acceptors (Lipinski definition) is 5. The molecule has 1 amide bonds. The monoisotopic (exact) mass is 438 g/mol. The fraction of sp³-hybridized carbons (Fsp3) is 0.0667. The highest BCUT2D eigenvalue weighted by atomic mass is 127. The van der Waals surface area contributed by atoms with E-state index in [1.807, 2.05) is 12.1 Å². The van der Waals surface area contributed by atoms with Gasteiger partial charge in [0.25, 0.3) is 5.91 Å². The highest BCUT2D eigenvalue weighted by Gasteiger charge is 2.14. The predicted molar refractivity (Wildman–Crippen MR) is 93.8 cm³/mol. The maximum atomic E-state index is 12.1. The zero-order chi connectivity index (χ0) is 17.1. The molecule has 1 N–H and O–H groups in total. The number of anilines is 1. The van der Waals surface area contributed by atoms with Crippen LogP contribution in [0.15, 0.2) is 53.2 Å². The smallest absolute Gasteiger partial charge is 0.307 e. The minimum absolute atomic E-state index is 0.0989. The van der Waals surface area contributed by atoms with E-state index < -0.39 is 4.92 Å². The Morgan fingerprint density at radius 3 is 2.71 bits per heavy atom. The summed E-state index contributed by atoms with van der Waals surface area (Å²) >= 11 is 2.18. The second-order valence-electron chi connectivity index (χ2n) is 4.88. The summed E-state index contributed by atoms with van der Waals surface area (Å²) in [7, 11) is 0. The summed E-state index contributed by atoms with van der Waals surface area (Å²) in [5.41, 5.74) is 0.569. The average Bonchev–Trinajstić information content (AvgIpc) is 3.19. The Bertz CT molecular complexity index is 885. The van der Waals surface area contributed by atoms with E-state index in [1.165, 1.54) is 10.9 Å². The van der Waals surface area contributed by atoms with Crippen molar-refractivity contribution in [1.29, 1.82) is 0 Å². The van der Waals surface area contributed by atoms with Gasteiger partial charge in [-0.05, 0) is 59.0 Å². The molecule has 2 heterocycles. The molecule has 122 valence electrons. The molecule has 0 spiro atoms. The van der Waals surface area contributed by atoms with Gasteiger partial charge in [0.2, 0.25) is 0 Å². The molecular weight excluding hydrogens is 427 g/mol. The Kier molecular flexibility index (Phi) is 4.60. The Labute approximate surface area is 149 Å². The van der Waals surface area contributed by atoms with Crippen molar-refractivity contribution < 1.29 is 14.1 Å². The van der Waals surface area contributed by atoms with Crippen LogP contribution in [0.2, 0.25) is 0 Å². The normalized spacial score (nSPS) is 10.5. The molecule has 0 fully saturated rings. The van der Waals surface area contributed by atoms with E-state index in [2.05, 4.69) is 33.0 Å². The van der Waals surface area contributed by atoms with Crippen molar-refractivity contribution in [2.75, 3.05) is 5.32 Å². The zero-order valence-corrected chi connectivity index (χ0v) is 14.3. The zero-order valence-electron chi connectivity index (χ0n) is 12.2. The molecule has 3 aromatic rings. The molecule has 0 bridgehead atoms. The molecule has 1 aromatic carbocycles. The van der Waals surface area contributed by atoms with Crippen LogP contribution in [0.25, 0.3) is 0 Å². The van der Waals surface area contributed by atoms with Gasteiger partial charge in [-0.3, -0.25) is 19.6 Å². The standard InChI is InChI=1S/C15H11IN4O4/c16-10-1-3-11(4-2-10)18-15(21)14-6-5-13(24-14)9-19-8-12(7-17-19)20(22)23/h1-8H,9H2,(H,18,21). The van der Waals surface area contributed by atoms with Crippen LogP contribution in [0.5, 0.6) is 0 Å². The lowest BCUT2D eigenvalue weighted by Crippen LogP contribution is -2.10. The summed E-state index contributed by atoms with van der Waals surface area (Å²) in [6, 6.07) is 10.5. The molecule has 2 aromatic heterocycles. The Morgan fingerprint density at radius 2 is 2.04 bits per heavy atom. The van der Waals surface area contributed by atoms with Gasteiger partial charge in [-0.15, -0.1) is 0 Å². The summed E-state index contributed by atoms with van der Waals surface area (Å²) in [6.45, 7) is 0.199. The number of nitro groups is 1. The number of carbonyl (C=O) groups excluding carboxylic acids is 1. The number of furan rings is 1. The van der Waals surface area contributed by atoms with Gasteiger partial charge in [0.05, 0.1) is 11.5 Å².